The first-order valence-electron chi connectivity index (χ1n) is 5.63. The zero-order valence-corrected chi connectivity index (χ0v) is 10.0. The molecule has 18 heavy (non-hydrogen) atoms. The molecule has 1 aromatic carbocycles. The molecule has 0 heterocycles. The van der Waals surface area contributed by atoms with Crippen molar-refractivity contribution < 1.29 is 23.9 Å². The standard InChI is InChI=1S/C13H14O5/c1-2-3-9-17-12(15)13(16)18-11(14)10-7-5-4-6-8-10/h4-8H,2-3,9H2,1H3. The van der Waals surface area contributed by atoms with E-state index in [1.54, 1.807) is 18.2 Å². The Hall–Kier alpha value is -2.17. The van der Waals surface area contributed by atoms with Crippen LogP contribution in [0.15, 0.2) is 30.3 Å². The van der Waals surface area contributed by atoms with Crippen molar-refractivity contribution in [3.63, 3.8) is 0 Å². The number of carbonyl (C=O) groups is 3. The van der Waals surface area contributed by atoms with Gasteiger partial charge < -0.3 is 9.47 Å². The van der Waals surface area contributed by atoms with Crippen LogP contribution in [0.4, 0.5) is 0 Å². The van der Waals surface area contributed by atoms with Crippen molar-refractivity contribution in [2.24, 2.45) is 0 Å². The Morgan fingerprint density at radius 1 is 1.06 bits per heavy atom. The molecule has 0 fully saturated rings. The lowest BCUT2D eigenvalue weighted by Gasteiger charge is -2.03. The van der Waals surface area contributed by atoms with Gasteiger partial charge in [0, 0.05) is 0 Å². The zero-order valence-electron chi connectivity index (χ0n) is 10.0. The lowest BCUT2D eigenvalue weighted by Crippen LogP contribution is -2.23. The SMILES string of the molecule is CCCCOC(=O)C(=O)OC(=O)c1ccccc1. The highest BCUT2D eigenvalue weighted by molar-refractivity contribution is 6.32. The second-order valence-corrected chi connectivity index (χ2v) is 3.53. The minimum atomic E-state index is -1.29. The van der Waals surface area contributed by atoms with Gasteiger partial charge in [0.2, 0.25) is 0 Å². The Morgan fingerprint density at radius 3 is 2.33 bits per heavy atom. The van der Waals surface area contributed by atoms with E-state index in [1.165, 1.54) is 12.1 Å². The Balaban J connectivity index is 2.45. The highest BCUT2D eigenvalue weighted by atomic mass is 16.6. The van der Waals surface area contributed by atoms with Crippen molar-refractivity contribution >= 4 is 17.9 Å². The van der Waals surface area contributed by atoms with Crippen molar-refractivity contribution in [2.45, 2.75) is 19.8 Å². The molecule has 0 aliphatic rings. The van der Waals surface area contributed by atoms with Crippen LogP contribution < -0.4 is 0 Å². The molecule has 0 unspecified atom stereocenters. The van der Waals surface area contributed by atoms with Crippen LogP contribution >= 0.6 is 0 Å². The molecular formula is C13H14O5. The van der Waals surface area contributed by atoms with Gasteiger partial charge in [0.25, 0.3) is 0 Å². The van der Waals surface area contributed by atoms with Crippen LogP contribution in [0.2, 0.25) is 0 Å². The predicted octanol–water partition coefficient (Wildman–Crippen LogP) is 1.71. The minimum Gasteiger partial charge on any atom is -0.457 e. The van der Waals surface area contributed by atoms with Crippen molar-refractivity contribution in [3.05, 3.63) is 35.9 Å². The molecule has 0 N–H and O–H groups in total. The second-order valence-electron chi connectivity index (χ2n) is 3.53. The van der Waals surface area contributed by atoms with Gasteiger partial charge in [-0.3, -0.25) is 0 Å². The fourth-order valence-corrected chi connectivity index (χ4v) is 1.13. The first-order chi connectivity index (χ1) is 8.65. The number of rotatable bonds is 4. The maximum absolute atomic E-state index is 11.4. The van der Waals surface area contributed by atoms with E-state index in [1.807, 2.05) is 6.92 Å². The van der Waals surface area contributed by atoms with Gasteiger partial charge in [-0.25, -0.2) is 14.4 Å². The molecule has 5 nitrogen and oxygen atoms in total. The van der Waals surface area contributed by atoms with Crippen LogP contribution in [0.3, 0.4) is 0 Å². The van der Waals surface area contributed by atoms with Gasteiger partial charge >= 0.3 is 17.9 Å². The van der Waals surface area contributed by atoms with Gasteiger partial charge in [-0.1, -0.05) is 31.5 Å². The van der Waals surface area contributed by atoms with Gasteiger partial charge in [-0.2, -0.15) is 0 Å². The highest BCUT2D eigenvalue weighted by Gasteiger charge is 2.21. The number of unbranched alkanes of at least 4 members (excludes halogenated alkanes) is 1. The van der Waals surface area contributed by atoms with E-state index in [-0.39, 0.29) is 12.2 Å². The fourth-order valence-electron chi connectivity index (χ4n) is 1.13. The Morgan fingerprint density at radius 2 is 1.72 bits per heavy atom. The van der Waals surface area contributed by atoms with Crippen LogP contribution in [0.5, 0.6) is 0 Å². The largest absolute Gasteiger partial charge is 0.457 e. The summed E-state index contributed by atoms with van der Waals surface area (Å²) < 4.78 is 8.99. The van der Waals surface area contributed by atoms with Crippen molar-refractivity contribution in [2.75, 3.05) is 6.61 Å². The molecule has 0 aromatic heterocycles. The lowest BCUT2D eigenvalue weighted by atomic mass is 10.2. The Bertz CT molecular complexity index is 424. The highest BCUT2D eigenvalue weighted by Crippen LogP contribution is 2.01. The van der Waals surface area contributed by atoms with Gasteiger partial charge in [0.05, 0.1) is 12.2 Å². The molecule has 0 bridgehead atoms. The maximum atomic E-state index is 11.4. The van der Waals surface area contributed by atoms with E-state index in [9.17, 15) is 14.4 Å². The Kier molecular flexibility index (Phi) is 5.57. The van der Waals surface area contributed by atoms with Gasteiger partial charge in [-0.15, -0.1) is 0 Å². The third kappa shape index (κ3) is 4.37. The van der Waals surface area contributed by atoms with Gasteiger partial charge in [0.15, 0.2) is 0 Å². The summed E-state index contributed by atoms with van der Waals surface area (Å²) in [6.07, 6.45) is 1.50. The molecule has 0 atom stereocenters. The van der Waals surface area contributed by atoms with Crippen LogP contribution in [-0.4, -0.2) is 24.5 Å². The van der Waals surface area contributed by atoms with Crippen LogP contribution in [0.1, 0.15) is 30.1 Å². The van der Waals surface area contributed by atoms with Crippen LogP contribution in [0.25, 0.3) is 0 Å². The number of esters is 3. The third-order valence-electron chi connectivity index (χ3n) is 2.09. The number of hydrogen-bond donors (Lipinski definition) is 0. The first-order valence-corrected chi connectivity index (χ1v) is 5.63. The number of ether oxygens (including phenoxy) is 2. The minimum absolute atomic E-state index is 0.143. The van der Waals surface area contributed by atoms with E-state index in [4.69, 9.17) is 0 Å². The van der Waals surface area contributed by atoms with E-state index in [2.05, 4.69) is 9.47 Å². The Labute approximate surface area is 105 Å². The summed E-state index contributed by atoms with van der Waals surface area (Å²) in [4.78, 5) is 33.8. The van der Waals surface area contributed by atoms with Gasteiger partial charge in [0.1, 0.15) is 0 Å². The number of benzene rings is 1. The predicted molar refractivity (Wildman–Crippen MR) is 62.7 cm³/mol. The summed E-state index contributed by atoms with van der Waals surface area (Å²) in [6.45, 7) is 2.06. The molecule has 1 aromatic rings. The topological polar surface area (TPSA) is 69.7 Å². The van der Waals surface area contributed by atoms with E-state index >= 15 is 0 Å². The first kappa shape index (κ1) is 13.9. The summed E-state index contributed by atoms with van der Waals surface area (Å²) in [5.74, 6) is -3.30. The molecule has 0 radical (unpaired) electrons. The molecule has 0 aliphatic heterocycles. The smallest absolute Gasteiger partial charge is 0.425 e. The normalized spacial score (nSPS) is 9.61. The average Bonchev–Trinajstić information content (AvgIpc) is 2.39. The molecule has 5 heteroatoms. The second kappa shape index (κ2) is 7.21. The van der Waals surface area contributed by atoms with Crippen LogP contribution in [0, 0.1) is 0 Å². The number of hydrogen-bond acceptors (Lipinski definition) is 5. The van der Waals surface area contributed by atoms with Crippen molar-refractivity contribution in [1.29, 1.82) is 0 Å². The molecule has 0 saturated carbocycles. The molecule has 0 saturated heterocycles. The quantitative estimate of drug-likeness (QED) is 0.352. The molecule has 0 amide bonds. The summed E-state index contributed by atoms with van der Waals surface area (Å²) in [6, 6.07) is 7.94. The molecule has 1 rings (SSSR count). The zero-order chi connectivity index (χ0) is 13.4. The molecule has 96 valence electrons. The maximum Gasteiger partial charge on any atom is 0.425 e. The summed E-state index contributed by atoms with van der Waals surface area (Å²) in [5.41, 5.74) is 0.201. The average molecular weight is 250 g/mol. The third-order valence-corrected chi connectivity index (χ3v) is 2.09. The fraction of sp³-hybridized carbons (Fsp3) is 0.308. The molecule has 0 spiro atoms. The van der Waals surface area contributed by atoms with Crippen molar-refractivity contribution in [3.8, 4) is 0 Å². The summed E-state index contributed by atoms with van der Waals surface area (Å²) >= 11 is 0. The van der Waals surface area contributed by atoms with Crippen LogP contribution in [-0.2, 0) is 19.1 Å². The molecular weight excluding hydrogens is 236 g/mol. The number of carbonyl (C=O) groups excluding carboxylic acids is 3. The lowest BCUT2D eigenvalue weighted by molar-refractivity contribution is -0.164. The summed E-state index contributed by atoms with van der Waals surface area (Å²) in [5, 5.41) is 0. The van der Waals surface area contributed by atoms with E-state index < -0.39 is 17.9 Å². The molecule has 0 aliphatic carbocycles. The van der Waals surface area contributed by atoms with E-state index in [0.717, 1.165) is 6.42 Å². The summed E-state index contributed by atoms with van der Waals surface area (Å²) in [7, 11) is 0. The monoisotopic (exact) mass is 250 g/mol. The van der Waals surface area contributed by atoms with Gasteiger partial charge in [-0.05, 0) is 18.6 Å². The van der Waals surface area contributed by atoms with E-state index in [0.29, 0.717) is 6.42 Å². The van der Waals surface area contributed by atoms with Crippen molar-refractivity contribution in [1.82, 2.24) is 0 Å².